The van der Waals surface area contributed by atoms with E-state index in [-0.39, 0.29) is 0 Å². The maximum atomic E-state index is 4.49. The molecule has 4 heteroatoms. The molecule has 4 aromatic rings. The molecule has 24 heavy (non-hydrogen) atoms. The molecule has 3 nitrogen and oxygen atoms in total. The summed E-state index contributed by atoms with van der Waals surface area (Å²) >= 11 is 1.92. The minimum absolute atomic E-state index is 0.921. The van der Waals surface area contributed by atoms with Crippen LogP contribution in [0.5, 0.6) is 0 Å². The molecular formula is C20H15N3S. The van der Waals surface area contributed by atoms with E-state index in [1.54, 1.807) is 0 Å². The lowest BCUT2D eigenvalue weighted by Crippen LogP contribution is -2.03. The molecule has 2 heterocycles. The summed E-state index contributed by atoms with van der Waals surface area (Å²) in [6.45, 7) is 0. The molecule has 0 amide bonds. The predicted octanol–water partition coefficient (Wildman–Crippen LogP) is 4.74. The Kier molecular flexibility index (Phi) is 3.16. The molecule has 1 aliphatic heterocycles. The molecule has 0 aliphatic carbocycles. The van der Waals surface area contributed by atoms with Gasteiger partial charge in [-0.05, 0) is 16.8 Å². The Labute approximate surface area is 144 Å². The summed E-state index contributed by atoms with van der Waals surface area (Å²) in [7, 11) is 0. The van der Waals surface area contributed by atoms with Gasteiger partial charge in [0.15, 0.2) is 5.82 Å². The largest absolute Gasteiger partial charge is 0.278 e. The van der Waals surface area contributed by atoms with Gasteiger partial charge < -0.3 is 0 Å². The number of aromatic nitrogens is 3. The summed E-state index contributed by atoms with van der Waals surface area (Å²) in [4.78, 5) is 1.32. The number of thioether (sulfide) groups is 1. The van der Waals surface area contributed by atoms with Crippen LogP contribution in [0.3, 0.4) is 0 Å². The highest BCUT2D eigenvalue weighted by Crippen LogP contribution is 2.38. The van der Waals surface area contributed by atoms with E-state index in [1.165, 1.54) is 21.4 Å². The molecule has 0 radical (unpaired) electrons. The molecule has 0 saturated heterocycles. The van der Waals surface area contributed by atoms with Gasteiger partial charge in [0.25, 0.3) is 0 Å². The minimum Gasteiger partial charge on any atom is -0.278 e. The van der Waals surface area contributed by atoms with Crippen LogP contribution in [0.1, 0.15) is 5.82 Å². The highest BCUT2D eigenvalue weighted by molar-refractivity contribution is 7.99. The number of rotatable bonds is 1. The van der Waals surface area contributed by atoms with E-state index in [0.717, 1.165) is 29.4 Å². The van der Waals surface area contributed by atoms with Gasteiger partial charge in [0, 0.05) is 22.6 Å². The summed E-state index contributed by atoms with van der Waals surface area (Å²) < 4.78 is 2.23. The maximum absolute atomic E-state index is 4.49. The maximum Gasteiger partial charge on any atom is 0.168 e. The van der Waals surface area contributed by atoms with Crippen molar-refractivity contribution < 1.29 is 0 Å². The summed E-state index contributed by atoms with van der Waals surface area (Å²) in [5, 5.41) is 11.5. The minimum atomic E-state index is 0.921. The van der Waals surface area contributed by atoms with Crippen LogP contribution in [0.25, 0.3) is 27.8 Å². The molecule has 3 aromatic carbocycles. The van der Waals surface area contributed by atoms with Crippen molar-refractivity contribution in [2.24, 2.45) is 0 Å². The average molecular weight is 329 g/mol. The number of aryl methyl sites for hydroxylation is 1. The zero-order valence-electron chi connectivity index (χ0n) is 13.0. The Bertz CT molecular complexity index is 1040. The third-order valence-electron chi connectivity index (χ3n) is 4.43. The van der Waals surface area contributed by atoms with Gasteiger partial charge in [0.2, 0.25) is 0 Å². The van der Waals surface area contributed by atoms with Crippen LogP contribution < -0.4 is 0 Å². The number of benzene rings is 3. The molecule has 1 aromatic heterocycles. The molecule has 0 atom stereocenters. The first-order chi connectivity index (χ1) is 11.9. The van der Waals surface area contributed by atoms with Gasteiger partial charge in [-0.2, -0.15) is 0 Å². The first kappa shape index (κ1) is 13.8. The van der Waals surface area contributed by atoms with E-state index < -0.39 is 0 Å². The van der Waals surface area contributed by atoms with Crippen molar-refractivity contribution in [3.63, 3.8) is 0 Å². The molecule has 0 fully saturated rings. The standard InChI is InChI=1S/C20H15N3S/c1-2-7-15(8-3-1)20-22-21-18-12-13-24-19-16-9-5-4-6-14(16)10-11-17(19)23(18)20/h1-11H,12-13H2. The van der Waals surface area contributed by atoms with Crippen LogP contribution in [0.4, 0.5) is 0 Å². The van der Waals surface area contributed by atoms with Crippen molar-refractivity contribution in [1.29, 1.82) is 0 Å². The average Bonchev–Trinajstić information content (AvgIpc) is 2.97. The fraction of sp³-hybridized carbons (Fsp3) is 0.100. The molecule has 116 valence electrons. The predicted molar refractivity (Wildman–Crippen MR) is 98.7 cm³/mol. The third-order valence-corrected chi connectivity index (χ3v) is 5.56. The second-order valence-corrected chi connectivity index (χ2v) is 6.98. The van der Waals surface area contributed by atoms with E-state index >= 15 is 0 Å². The van der Waals surface area contributed by atoms with Gasteiger partial charge in [-0.3, -0.25) is 4.57 Å². The zero-order chi connectivity index (χ0) is 15.9. The van der Waals surface area contributed by atoms with Crippen molar-refractivity contribution in [3.05, 3.63) is 72.6 Å². The number of fused-ring (bicyclic) bond motifs is 5. The molecule has 0 unspecified atom stereocenters. The SMILES string of the molecule is c1ccc(-c2nnc3n2-c2ccc4ccccc4c2SCC3)cc1. The first-order valence-corrected chi connectivity index (χ1v) is 9.05. The first-order valence-electron chi connectivity index (χ1n) is 8.06. The summed E-state index contributed by atoms with van der Waals surface area (Å²) in [5.41, 5.74) is 2.29. The van der Waals surface area contributed by atoms with E-state index in [0.29, 0.717) is 0 Å². The van der Waals surface area contributed by atoms with E-state index in [2.05, 4.69) is 63.3 Å². The molecule has 0 bridgehead atoms. The summed E-state index contributed by atoms with van der Waals surface area (Å²) in [6, 6.07) is 23.3. The van der Waals surface area contributed by atoms with Gasteiger partial charge in [0.1, 0.15) is 5.82 Å². The van der Waals surface area contributed by atoms with Crippen molar-refractivity contribution in [3.8, 4) is 17.1 Å². The third kappa shape index (κ3) is 2.07. The molecular weight excluding hydrogens is 314 g/mol. The Morgan fingerprint density at radius 3 is 2.58 bits per heavy atom. The van der Waals surface area contributed by atoms with Crippen LogP contribution >= 0.6 is 11.8 Å². The van der Waals surface area contributed by atoms with Crippen molar-refractivity contribution in [2.75, 3.05) is 5.75 Å². The van der Waals surface area contributed by atoms with Gasteiger partial charge in [0.05, 0.1) is 5.69 Å². The Hall–Kier alpha value is -2.59. The fourth-order valence-corrected chi connectivity index (χ4v) is 4.45. The lowest BCUT2D eigenvalue weighted by molar-refractivity contribution is 0.893. The second kappa shape index (κ2) is 5.49. The van der Waals surface area contributed by atoms with Crippen LogP contribution in [0.2, 0.25) is 0 Å². The zero-order valence-corrected chi connectivity index (χ0v) is 13.8. The lowest BCUT2D eigenvalue weighted by Gasteiger charge is -2.13. The van der Waals surface area contributed by atoms with Gasteiger partial charge in [-0.1, -0.05) is 60.7 Å². The summed E-state index contributed by atoms with van der Waals surface area (Å²) in [6.07, 6.45) is 0.924. The smallest absolute Gasteiger partial charge is 0.168 e. The van der Waals surface area contributed by atoms with Crippen molar-refractivity contribution in [2.45, 2.75) is 11.3 Å². The van der Waals surface area contributed by atoms with E-state index in [9.17, 15) is 0 Å². The summed E-state index contributed by atoms with van der Waals surface area (Å²) in [5.74, 6) is 2.98. The number of nitrogens with zero attached hydrogens (tertiary/aromatic N) is 3. The molecule has 5 rings (SSSR count). The van der Waals surface area contributed by atoms with Gasteiger partial charge >= 0.3 is 0 Å². The number of hydrogen-bond donors (Lipinski definition) is 0. The van der Waals surface area contributed by atoms with Crippen LogP contribution in [-0.2, 0) is 6.42 Å². The Morgan fingerprint density at radius 2 is 1.67 bits per heavy atom. The Balaban J connectivity index is 1.83. The lowest BCUT2D eigenvalue weighted by atomic mass is 10.1. The van der Waals surface area contributed by atoms with Gasteiger partial charge in [-0.25, -0.2) is 0 Å². The molecule has 0 saturated carbocycles. The quantitative estimate of drug-likeness (QED) is 0.505. The topological polar surface area (TPSA) is 30.7 Å². The highest BCUT2D eigenvalue weighted by Gasteiger charge is 2.22. The molecule has 1 aliphatic rings. The van der Waals surface area contributed by atoms with Gasteiger partial charge in [-0.15, -0.1) is 22.0 Å². The van der Waals surface area contributed by atoms with Crippen LogP contribution in [-0.4, -0.2) is 20.5 Å². The van der Waals surface area contributed by atoms with Crippen LogP contribution in [0.15, 0.2) is 71.6 Å². The van der Waals surface area contributed by atoms with Crippen molar-refractivity contribution >= 4 is 22.5 Å². The van der Waals surface area contributed by atoms with E-state index in [1.807, 2.05) is 30.0 Å². The number of hydrogen-bond acceptors (Lipinski definition) is 3. The Morgan fingerprint density at radius 1 is 0.833 bits per heavy atom. The fourth-order valence-electron chi connectivity index (χ4n) is 3.31. The monoisotopic (exact) mass is 329 g/mol. The van der Waals surface area contributed by atoms with E-state index in [4.69, 9.17) is 0 Å². The second-order valence-electron chi connectivity index (χ2n) is 5.87. The molecule has 0 N–H and O–H groups in total. The molecule has 0 spiro atoms. The highest BCUT2D eigenvalue weighted by atomic mass is 32.2. The normalized spacial score (nSPS) is 13.3. The van der Waals surface area contributed by atoms with Crippen molar-refractivity contribution in [1.82, 2.24) is 14.8 Å². The van der Waals surface area contributed by atoms with Crippen LogP contribution in [0, 0.1) is 0 Å².